The minimum absolute atomic E-state index is 0.000155. The van der Waals surface area contributed by atoms with Gasteiger partial charge >= 0.3 is 0 Å². The number of nitrogens with one attached hydrogen (secondary N) is 2. The summed E-state index contributed by atoms with van der Waals surface area (Å²) >= 11 is 6.00. The first-order valence-electron chi connectivity index (χ1n) is 8.77. The fraction of sp³-hybridized carbons (Fsp3) is 0.150. The standard InChI is InChI=1S/C20H19ClN4O5/c1-9(19(22)28)23-20(29)18-16(10-3-5-11(30-2)6-4-10)17(24-25-18)12-7-13(21)15(27)8-14(12)26/h3-9,26-27H,1-2H3,(H2,22,28)(H,23,29)(H,24,25)/t9-/m1/s1. The van der Waals surface area contributed by atoms with Crippen molar-refractivity contribution < 1.29 is 24.5 Å². The third-order valence-electron chi connectivity index (χ3n) is 4.47. The molecule has 0 unspecified atom stereocenters. The zero-order chi connectivity index (χ0) is 22.0. The quantitative estimate of drug-likeness (QED) is 0.405. The van der Waals surface area contributed by atoms with Gasteiger partial charge in [0.15, 0.2) is 0 Å². The lowest BCUT2D eigenvalue weighted by molar-refractivity contribution is -0.119. The summed E-state index contributed by atoms with van der Waals surface area (Å²) < 4.78 is 5.17. The number of hydrogen-bond donors (Lipinski definition) is 5. The van der Waals surface area contributed by atoms with E-state index in [2.05, 4.69) is 15.5 Å². The van der Waals surface area contributed by atoms with Crippen molar-refractivity contribution in [3.63, 3.8) is 0 Å². The maximum atomic E-state index is 12.8. The summed E-state index contributed by atoms with van der Waals surface area (Å²) in [5.41, 5.74) is 6.62. The number of H-pyrrole nitrogens is 1. The van der Waals surface area contributed by atoms with Gasteiger partial charge in [-0.15, -0.1) is 0 Å². The Morgan fingerprint density at radius 1 is 1.20 bits per heavy atom. The van der Waals surface area contributed by atoms with Gasteiger partial charge in [-0.3, -0.25) is 14.7 Å². The van der Waals surface area contributed by atoms with E-state index in [1.54, 1.807) is 24.3 Å². The summed E-state index contributed by atoms with van der Waals surface area (Å²) in [7, 11) is 1.53. The smallest absolute Gasteiger partial charge is 0.270 e. The van der Waals surface area contributed by atoms with Crippen LogP contribution in [0.3, 0.4) is 0 Å². The van der Waals surface area contributed by atoms with Crippen LogP contribution in [-0.4, -0.2) is 45.4 Å². The van der Waals surface area contributed by atoms with Crippen molar-refractivity contribution in [1.82, 2.24) is 15.5 Å². The molecule has 1 aromatic heterocycles. The molecule has 156 valence electrons. The van der Waals surface area contributed by atoms with E-state index in [1.165, 1.54) is 20.1 Å². The van der Waals surface area contributed by atoms with Crippen LogP contribution in [0, 0.1) is 0 Å². The van der Waals surface area contributed by atoms with Crippen LogP contribution in [0.25, 0.3) is 22.4 Å². The van der Waals surface area contributed by atoms with E-state index in [1.807, 2.05) is 0 Å². The van der Waals surface area contributed by atoms with Crippen molar-refractivity contribution >= 4 is 23.4 Å². The van der Waals surface area contributed by atoms with Gasteiger partial charge in [0, 0.05) is 17.2 Å². The van der Waals surface area contributed by atoms with Crippen molar-refractivity contribution in [2.75, 3.05) is 7.11 Å². The number of rotatable bonds is 6. The number of benzene rings is 2. The maximum Gasteiger partial charge on any atom is 0.270 e. The van der Waals surface area contributed by atoms with E-state index >= 15 is 0 Å². The molecule has 30 heavy (non-hydrogen) atoms. The number of phenols is 2. The Bertz CT molecular complexity index is 1110. The van der Waals surface area contributed by atoms with Crippen LogP contribution in [0.4, 0.5) is 0 Å². The number of halogens is 1. The Kier molecular flexibility index (Phi) is 5.84. The molecule has 1 atom stereocenters. The number of ether oxygens (including phenoxy) is 1. The maximum absolute atomic E-state index is 12.8. The number of carbonyl (C=O) groups is 2. The third kappa shape index (κ3) is 4.01. The van der Waals surface area contributed by atoms with E-state index in [4.69, 9.17) is 22.1 Å². The first-order chi connectivity index (χ1) is 14.2. The normalized spacial score (nSPS) is 11.7. The van der Waals surface area contributed by atoms with Gasteiger partial charge in [0.05, 0.1) is 12.1 Å². The fourth-order valence-corrected chi connectivity index (χ4v) is 2.98. The van der Waals surface area contributed by atoms with Crippen molar-refractivity contribution in [3.8, 4) is 39.6 Å². The minimum atomic E-state index is -0.913. The molecule has 0 saturated carbocycles. The van der Waals surface area contributed by atoms with Crippen LogP contribution in [0.15, 0.2) is 36.4 Å². The first-order valence-corrected chi connectivity index (χ1v) is 9.15. The van der Waals surface area contributed by atoms with E-state index in [9.17, 15) is 19.8 Å². The molecule has 10 heteroatoms. The Morgan fingerprint density at radius 3 is 2.47 bits per heavy atom. The highest BCUT2D eigenvalue weighted by molar-refractivity contribution is 6.32. The van der Waals surface area contributed by atoms with Gasteiger partial charge in [0.2, 0.25) is 5.91 Å². The number of aromatic nitrogens is 2. The summed E-state index contributed by atoms with van der Waals surface area (Å²) in [6, 6.07) is 8.32. The SMILES string of the molecule is COc1ccc(-c2c(-c3cc(Cl)c(O)cc3O)n[nH]c2C(=O)N[C@H](C)C(N)=O)cc1. The monoisotopic (exact) mass is 430 g/mol. The predicted octanol–water partition coefficient (Wildman–Crippen LogP) is 2.42. The topological polar surface area (TPSA) is 151 Å². The Balaban J connectivity index is 2.18. The largest absolute Gasteiger partial charge is 0.507 e. The second-order valence-corrected chi connectivity index (χ2v) is 6.88. The lowest BCUT2D eigenvalue weighted by atomic mass is 9.97. The zero-order valence-electron chi connectivity index (χ0n) is 16.1. The van der Waals surface area contributed by atoms with E-state index in [0.717, 1.165) is 6.07 Å². The zero-order valence-corrected chi connectivity index (χ0v) is 16.8. The summed E-state index contributed by atoms with van der Waals surface area (Å²) in [4.78, 5) is 24.1. The van der Waals surface area contributed by atoms with Gasteiger partial charge in [-0.05, 0) is 30.7 Å². The number of methoxy groups -OCH3 is 1. The number of aromatic hydroxyl groups is 2. The summed E-state index contributed by atoms with van der Waals surface area (Å²) in [6.07, 6.45) is 0. The van der Waals surface area contributed by atoms with Crippen LogP contribution in [-0.2, 0) is 4.79 Å². The van der Waals surface area contributed by atoms with Crippen LogP contribution in [0.2, 0.25) is 5.02 Å². The third-order valence-corrected chi connectivity index (χ3v) is 4.77. The van der Waals surface area contributed by atoms with Crippen LogP contribution in [0.1, 0.15) is 17.4 Å². The molecule has 3 aromatic rings. The molecule has 0 spiro atoms. The second kappa shape index (κ2) is 8.34. The lowest BCUT2D eigenvalue weighted by Crippen LogP contribution is -2.42. The molecule has 0 aliphatic carbocycles. The van der Waals surface area contributed by atoms with Crippen molar-refractivity contribution in [1.29, 1.82) is 0 Å². The molecule has 0 saturated heterocycles. The molecule has 0 radical (unpaired) electrons. The van der Waals surface area contributed by atoms with Crippen molar-refractivity contribution in [2.45, 2.75) is 13.0 Å². The molecular formula is C20H19ClN4O5. The molecule has 0 fully saturated rings. The molecule has 6 N–H and O–H groups in total. The molecule has 0 aliphatic rings. The second-order valence-electron chi connectivity index (χ2n) is 6.47. The van der Waals surface area contributed by atoms with Crippen LogP contribution < -0.4 is 15.8 Å². The Hall–Kier alpha value is -3.72. The number of nitrogens with two attached hydrogens (primary N) is 1. The van der Waals surface area contributed by atoms with E-state index < -0.39 is 17.9 Å². The molecule has 2 aromatic carbocycles. The highest BCUT2D eigenvalue weighted by Gasteiger charge is 2.25. The van der Waals surface area contributed by atoms with E-state index in [0.29, 0.717) is 16.9 Å². The lowest BCUT2D eigenvalue weighted by Gasteiger charge is -2.12. The number of phenolic OH excluding ortho intramolecular Hbond substituents is 2. The first kappa shape index (κ1) is 21.0. The van der Waals surface area contributed by atoms with Crippen molar-refractivity contribution in [3.05, 3.63) is 47.1 Å². The summed E-state index contributed by atoms with van der Waals surface area (Å²) in [6.45, 7) is 1.45. The number of hydrogen-bond acceptors (Lipinski definition) is 6. The number of amides is 2. The Labute approximate surface area is 176 Å². The van der Waals surface area contributed by atoms with Gasteiger partial charge in [0.1, 0.15) is 34.7 Å². The molecule has 0 bridgehead atoms. The highest BCUT2D eigenvalue weighted by atomic mass is 35.5. The molecule has 3 rings (SSSR count). The fourth-order valence-electron chi connectivity index (χ4n) is 2.82. The summed E-state index contributed by atoms with van der Waals surface area (Å²) in [5.74, 6) is -1.29. The Morgan fingerprint density at radius 2 is 1.87 bits per heavy atom. The van der Waals surface area contributed by atoms with Crippen LogP contribution in [0.5, 0.6) is 17.2 Å². The number of aromatic amines is 1. The molecular weight excluding hydrogens is 412 g/mol. The highest BCUT2D eigenvalue weighted by Crippen LogP contribution is 2.41. The minimum Gasteiger partial charge on any atom is -0.507 e. The average molecular weight is 431 g/mol. The van der Waals surface area contributed by atoms with Gasteiger partial charge in [-0.1, -0.05) is 23.7 Å². The molecule has 9 nitrogen and oxygen atoms in total. The van der Waals surface area contributed by atoms with Gasteiger partial charge in [-0.25, -0.2) is 0 Å². The number of carbonyl (C=O) groups excluding carboxylic acids is 2. The summed E-state index contributed by atoms with van der Waals surface area (Å²) in [5, 5.41) is 29.4. The van der Waals surface area contributed by atoms with Gasteiger partial charge < -0.3 is 26.0 Å². The van der Waals surface area contributed by atoms with Gasteiger partial charge in [0.25, 0.3) is 5.91 Å². The molecule has 2 amide bonds. The molecule has 0 aliphatic heterocycles. The average Bonchev–Trinajstić information content (AvgIpc) is 3.15. The predicted molar refractivity (Wildman–Crippen MR) is 110 cm³/mol. The number of primary amides is 1. The van der Waals surface area contributed by atoms with Crippen LogP contribution >= 0.6 is 11.6 Å². The van der Waals surface area contributed by atoms with Gasteiger partial charge in [-0.2, -0.15) is 5.10 Å². The van der Waals surface area contributed by atoms with E-state index in [-0.39, 0.29) is 33.5 Å². The van der Waals surface area contributed by atoms with Crippen molar-refractivity contribution in [2.24, 2.45) is 5.73 Å². The molecule has 1 heterocycles. The number of nitrogens with zero attached hydrogens (tertiary/aromatic N) is 1.